The van der Waals surface area contributed by atoms with Crippen LogP contribution in [0.15, 0.2) is 0 Å². The molecule has 0 N–H and O–H groups in total. The molecule has 0 saturated carbocycles. The van der Waals surface area contributed by atoms with E-state index in [4.69, 9.17) is 0 Å². The van der Waals surface area contributed by atoms with Crippen molar-refractivity contribution in [1.29, 1.82) is 0 Å². The van der Waals surface area contributed by atoms with Crippen LogP contribution >= 0.6 is 0 Å². The van der Waals surface area contributed by atoms with Crippen LogP contribution in [0.1, 0.15) is 0 Å². The number of hydrogen-bond acceptors (Lipinski definition) is 0. The molecule has 0 nitrogen and oxygen atoms in total. The van der Waals surface area contributed by atoms with E-state index in [2.05, 4.69) is 0 Å². The second-order valence-electron chi connectivity index (χ2n) is 0. The van der Waals surface area contributed by atoms with Crippen molar-refractivity contribution in [2.24, 2.45) is 0 Å². The van der Waals surface area contributed by atoms with Crippen LogP contribution in [0.25, 0.3) is 0 Å². The number of halogens is 2. The molecule has 16 valence electrons. The van der Waals surface area contributed by atoms with Crippen LogP contribution in [0, 0.1) is 0 Å². The van der Waals surface area contributed by atoms with Crippen LogP contribution in [0.4, 0.5) is 9.41 Å². The molecule has 4 heteroatoms. The van der Waals surface area contributed by atoms with Crippen molar-refractivity contribution in [3.05, 3.63) is 0 Å². The predicted octanol–water partition coefficient (Wildman–Crippen LogP) is -3.07. The molecular weight excluding hydrogens is 88.0 g/mol. The molecule has 0 spiro atoms. The summed E-state index contributed by atoms with van der Waals surface area (Å²) in [4.78, 5) is 0. The Hall–Kier alpha value is 1.39. The monoisotopic (exact) mass is 90.0 g/mol. The van der Waals surface area contributed by atoms with E-state index >= 15 is 0 Å². The van der Waals surface area contributed by atoms with Gasteiger partial charge < -0.3 is 0 Å². The van der Waals surface area contributed by atoms with E-state index in [9.17, 15) is 0 Å². The van der Waals surface area contributed by atoms with Gasteiger partial charge in [0.1, 0.15) is 0 Å². The summed E-state index contributed by atoms with van der Waals surface area (Å²) in [5.74, 6) is 0. The predicted molar refractivity (Wildman–Crippen MR) is 10.8 cm³/mol. The van der Waals surface area contributed by atoms with Gasteiger partial charge in [0.15, 0.2) is 0 Å². The summed E-state index contributed by atoms with van der Waals surface area (Å²) in [6.07, 6.45) is 0. The molecule has 0 aliphatic rings. The molecule has 0 fully saturated rings. The van der Waals surface area contributed by atoms with E-state index < -0.39 is 0 Å². The number of rotatable bonds is 0. The zero-order valence-electron chi connectivity index (χ0n) is 2.39. The normalized spacial score (nSPS) is 0. The molecule has 0 unspecified atom stereocenters. The Kier molecular flexibility index (Phi) is 350. The summed E-state index contributed by atoms with van der Waals surface area (Å²) in [5.41, 5.74) is 0. The van der Waals surface area contributed by atoms with Crippen LogP contribution < -0.4 is 29.6 Å². The third-order valence-corrected chi connectivity index (χ3v) is 0. The van der Waals surface area contributed by atoms with Gasteiger partial charge in [0.2, 0.25) is 0 Å². The summed E-state index contributed by atoms with van der Waals surface area (Å²) in [5, 5.41) is 0. The SMILES string of the molecule is F.F.[Al+3].[Na+]. The maximum Gasteiger partial charge on any atom is 3.00 e. The fourth-order valence-electron chi connectivity index (χ4n) is 0. The van der Waals surface area contributed by atoms with Crippen molar-refractivity contribution < 1.29 is 39.0 Å². The maximum absolute atomic E-state index is 0. The molecule has 0 atom stereocenters. The van der Waals surface area contributed by atoms with Crippen molar-refractivity contribution in [2.75, 3.05) is 0 Å². The topological polar surface area (TPSA) is 0 Å². The minimum absolute atomic E-state index is 0. The van der Waals surface area contributed by atoms with Gasteiger partial charge in [0, 0.05) is 0 Å². The quantitative estimate of drug-likeness (QED) is 0.277. The zero-order chi connectivity index (χ0) is 0. The Bertz CT molecular complexity index is 6.00. The fraction of sp³-hybridized carbons (Fsp3) is 0. The first-order valence-electron chi connectivity index (χ1n) is 0. The van der Waals surface area contributed by atoms with Crippen molar-refractivity contribution in [1.82, 2.24) is 0 Å². The van der Waals surface area contributed by atoms with E-state index in [0.717, 1.165) is 0 Å². The van der Waals surface area contributed by atoms with E-state index in [1.54, 1.807) is 0 Å². The van der Waals surface area contributed by atoms with Gasteiger partial charge in [-0.25, -0.2) is 0 Å². The average molecular weight is 90.0 g/mol. The van der Waals surface area contributed by atoms with Gasteiger partial charge in [-0.15, -0.1) is 0 Å². The minimum Gasteiger partial charge on any atom is -0.269 e. The minimum atomic E-state index is 0. The van der Waals surface area contributed by atoms with E-state index in [1.807, 2.05) is 0 Å². The van der Waals surface area contributed by atoms with Crippen LogP contribution in [0.3, 0.4) is 0 Å². The second kappa shape index (κ2) is 26.1. The van der Waals surface area contributed by atoms with E-state index in [-0.39, 0.29) is 56.3 Å². The first kappa shape index (κ1) is 53.7. The van der Waals surface area contributed by atoms with Gasteiger partial charge in [0.25, 0.3) is 0 Å². The molecule has 0 aliphatic carbocycles. The summed E-state index contributed by atoms with van der Waals surface area (Å²) in [6, 6.07) is 0. The molecule has 0 aromatic carbocycles. The van der Waals surface area contributed by atoms with Gasteiger partial charge in [-0.3, -0.25) is 9.41 Å². The Labute approximate surface area is 56.1 Å². The summed E-state index contributed by atoms with van der Waals surface area (Å²) < 4.78 is 0. The molecule has 4 heavy (non-hydrogen) atoms. The van der Waals surface area contributed by atoms with Crippen LogP contribution in [-0.4, -0.2) is 17.4 Å². The Morgan fingerprint density at radius 2 is 0.750 bits per heavy atom. The van der Waals surface area contributed by atoms with E-state index in [1.165, 1.54) is 0 Å². The molecule has 0 bridgehead atoms. The Balaban J connectivity index is 0. The largest absolute Gasteiger partial charge is 3.00 e. The first-order chi connectivity index (χ1) is 0. The smallest absolute Gasteiger partial charge is 0.269 e. The molecule has 0 rings (SSSR count). The van der Waals surface area contributed by atoms with Gasteiger partial charge in [-0.05, 0) is 0 Å². The molecule has 0 amide bonds. The first-order valence-corrected chi connectivity index (χ1v) is 0. The zero-order valence-corrected chi connectivity index (χ0v) is 5.55. The van der Waals surface area contributed by atoms with Crippen LogP contribution in [0.2, 0.25) is 0 Å². The van der Waals surface area contributed by atoms with Crippen LogP contribution in [-0.2, 0) is 0 Å². The standard InChI is InChI=1S/Al.2FH.Na/h;2*1H;/q+3;;;+1. The molecule has 0 radical (unpaired) electrons. The third-order valence-electron chi connectivity index (χ3n) is 0. The van der Waals surface area contributed by atoms with Gasteiger partial charge in [-0.2, -0.15) is 0 Å². The second-order valence-corrected chi connectivity index (χ2v) is 0. The number of hydrogen-bond donors (Lipinski definition) is 0. The molecule has 0 aliphatic heterocycles. The van der Waals surface area contributed by atoms with Gasteiger partial charge >= 0.3 is 46.9 Å². The molecule has 0 heterocycles. The van der Waals surface area contributed by atoms with Gasteiger partial charge in [-0.1, -0.05) is 0 Å². The van der Waals surface area contributed by atoms with Crippen molar-refractivity contribution >= 4 is 17.4 Å². The summed E-state index contributed by atoms with van der Waals surface area (Å²) >= 11 is 0. The summed E-state index contributed by atoms with van der Waals surface area (Å²) in [7, 11) is 0. The maximum atomic E-state index is 0. The third kappa shape index (κ3) is 10.0. The Morgan fingerprint density at radius 3 is 0.750 bits per heavy atom. The molecule has 0 saturated heterocycles. The van der Waals surface area contributed by atoms with Crippen molar-refractivity contribution in [3.8, 4) is 0 Å². The van der Waals surface area contributed by atoms with Crippen molar-refractivity contribution in [3.63, 3.8) is 0 Å². The van der Waals surface area contributed by atoms with Gasteiger partial charge in [0.05, 0.1) is 0 Å². The van der Waals surface area contributed by atoms with Crippen LogP contribution in [0.5, 0.6) is 0 Å². The molecule has 0 aromatic rings. The Morgan fingerprint density at radius 1 is 0.750 bits per heavy atom. The summed E-state index contributed by atoms with van der Waals surface area (Å²) in [6.45, 7) is 0. The molecular formula is H2AlF2Na+4. The fourth-order valence-corrected chi connectivity index (χ4v) is 0. The van der Waals surface area contributed by atoms with E-state index in [0.29, 0.717) is 0 Å². The molecule has 0 aromatic heterocycles. The average Bonchev–Trinajstić information content (AvgIpc) is 0. The van der Waals surface area contributed by atoms with Crippen molar-refractivity contribution in [2.45, 2.75) is 0 Å².